The summed E-state index contributed by atoms with van der Waals surface area (Å²) in [5, 5.41) is 4.67. The van der Waals surface area contributed by atoms with Crippen molar-refractivity contribution in [2.24, 2.45) is 0 Å². The van der Waals surface area contributed by atoms with Crippen LogP contribution in [0.25, 0.3) is 0 Å². The molecule has 0 aliphatic heterocycles. The summed E-state index contributed by atoms with van der Waals surface area (Å²) in [7, 11) is 0. The van der Waals surface area contributed by atoms with Crippen molar-refractivity contribution in [1.29, 1.82) is 0 Å². The van der Waals surface area contributed by atoms with Gasteiger partial charge in [-0.25, -0.2) is 4.98 Å². The fourth-order valence-electron chi connectivity index (χ4n) is 2.04. The quantitative estimate of drug-likeness (QED) is 0.905. The van der Waals surface area contributed by atoms with Crippen LogP contribution in [0.15, 0.2) is 24.4 Å². The second-order valence-electron chi connectivity index (χ2n) is 4.62. The number of hydrogen-bond acceptors (Lipinski definition) is 3. The number of aromatic nitrogens is 1. The summed E-state index contributed by atoms with van der Waals surface area (Å²) in [6.45, 7) is 9.46. The second-order valence-corrected chi connectivity index (χ2v) is 5.88. The van der Waals surface area contributed by atoms with Crippen molar-refractivity contribution in [2.45, 2.75) is 33.7 Å². The maximum absolute atomic E-state index is 4.36. The zero-order valence-corrected chi connectivity index (χ0v) is 12.3. The van der Waals surface area contributed by atoms with Gasteiger partial charge in [0.1, 0.15) is 0 Å². The summed E-state index contributed by atoms with van der Waals surface area (Å²) in [6, 6.07) is 6.95. The summed E-state index contributed by atoms with van der Waals surface area (Å²) < 4.78 is 0. The van der Waals surface area contributed by atoms with Gasteiger partial charge < -0.3 is 5.32 Å². The summed E-state index contributed by atoms with van der Waals surface area (Å²) in [6.07, 6.45) is 1.99. The van der Waals surface area contributed by atoms with E-state index in [4.69, 9.17) is 0 Å². The summed E-state index contributed by atoms with van der Waals surface area (Å²) in [5.41, 5.74) is 4.01. The average molecular weight is 260 g/mol. The fourth-order valence-corrected chi connectivity index (χ4v) is 2.93. The molecule has 1 aromatic heterocycles. The highest BCUT2D eigenvalue weighted by molar-refractivity contribution is 7.11. The molecule has 2 nitrogen and oxygen atoms in total. The van der Waals surface area contributed by atoms with E-state index in [1.54, 1.807) is 11.3 Å². The molecule has 0 aliphatic carbocycles. The number of aryl methyl sites for hydroxylation is 3. The maximum atomic E-state index is 4.36. The van der Waals surface area contributed by atoms with E-state index in [1.807, 2.05) is 6.20 Å². The predicted octanol–water partition coefficient (Wildman–Crippen LogP) is 3.77. The number of hydrogen-bond donors (Lipinski definition) is 1. The lowest BCUT2D eigenvalue weighted by Crippen LogP contribution is -2.21. The van der Waals surface area contributed by atoms with E-state index in [1.165, 1.54) is 21.6 Å². The van der Waals surface area contributed by atoms with Gasteiger partial charge in [-0.05, 0) is 44.0 Å². The normalized spacial score (nSPS) is 12.7. The Morgan fingerprint density at radius 1 is 1.22 bits per heavy atom. The lowest BCUT2D eigenvalue weighted by atomic mass is 10.0. The molecule has 1 heterocycles. The molecule has 1 aromatic carbocycles. The van der Waals surface area contributed by atoms with E-state index in [0.717, 1.165) is 11.6 Å². The van der Waals surface area contributed by atoms with Crippen molar-refractivity contribution in [1.82, 2.24) is 10.3 Å². The van der Waals surface area contributed by atoms with Crippen LogP contribution < -0.4 is 5.32 Å². The molecule has 1 unspecified atom stereocenters. The molecule has 0 spiro atoms. The second kappa shape index (κ2) is 5.63. The third-order valence-corrected chi connectivity index (χ3v) is 4.17. The highest BCUT2D eigenvalue weighted by Crippen LogP contribution is 2.27. The van der Waals surface area contributed by atoms with Crippen LogP contribution in [0, 0.1) is 20.8 Å². The van der Waals surface area contributed by atoms with Crippen molar-refractivity contribution in [3.63, 3.8) is 0 Å². The number of thiazole rings is 1. The van der Waals surface area contributed by atoms with E-state index in [9.17, 15) is 0 Å². The van der Waals surface area contributed by atoms with E-state index in [-0.39, 0.29) is 6.04 Å². The first-order chi connectivity index (χ1) is 8.61. The lowest BCUT2D eigenvalue weighted by Gasteiger charge is -2.17. The van der Waals surface area contributed by atoms with Crippen molar-refractivity contribution in [2.75, 3.05) is 6.54 Å². The Labute approximate surface area is 113 Å². The third-order valence-electron chi connectivity index (χ3n) is 3.20. The van der Waals surface area contributed by atoms with Gasteiger partial charge >= 0.3 is 0 Å². The minimum atomic E-state index is 0.264. The Kier molecular flexibility index (Phi) is 4.15. The molecular weight excluding hydrogens is 240 g/mol. The van der Waals surface area contributed by atoms with Gasteiger partial charge in [0.2, 0.25) is 0 Å². The number of rotatable bonds is 4. The molecule has 0 saturated heterocycles. The maximum Gasteiger partial charge on any atom is 0.0897 e. The Bertz CT molecular complexity index is 531. The van der Waals surface area contributed by atoms with Crippen LogP contribution in [0.5, 0.6) is 0 Å². The zero-order chi connectivity index (χ0) is 13.1. The molecule has 1 N–H and O–H groups in total. The Balaban J connectivity index is 2.37. The molecule has 2 aromatic rings. The Hall–Kier alpha value is -1.19. The van der Waals surface area contributed by atoms with E-state index in [2.05, 4.69) is 56.2 Å². The molecule has 0 radical (unpaired) electrons. The van der Waals surface area contributed by atoms with E-state index < -0.39 is 0 Å². The first-order valence-corrected chi connectivity index (χ1v) is 7.16. The Morgan fingerprint density at radius 2 is 2.00 bits per heavy atom. The third kappa shape index (κ3) is 2.79. The molecule has 0 aliphatic rings. The van der Waals surface area contributed by atoms with E-state index >= 15 is 0 Å². The fraction of sp³-hybridized carbons (Fsp3) is 0.400. The molecule has 0 saturated carbocycles. The molecule has 0 amide bonds. The molecule has 0 bridgehead atoms. The van der Waals surface area contributed by atoms with Crippen LogP contribution in [-0.4, -0.2) is 11.5 Å². The van der Waals surface area contributed by atoms with E-state index in [0.29, 0.717) is 0 Å². The van der Waals surface area contributed by atoms with Gasteiger partial charge in [-0.15, -0.1) is 11.3 Å². The van der Waals surface area contributed by atoms with Crippen LogP contribution in [0.1, 0.15) is 39.5 Å². The first kappa shape index (κ1) is 13.2. The monoisotopic (exact) mass is 260 g/mol. The molecule has 1 atom stereocenters. The zero-order valence-electron chi connectivity index (χ0n) is 11.4. The predicted molar refractivity (Wildman–Crippen MR) is 78.3 cm³/mol. The topological polar surface area (TPSA) is 24.9 Å². The molecule has 2 rings (SSSR count). The summed E-state index contributed by atoms with van der Waals surface area (Å²) >= 11 is 1.77. The number of nitrogens with one attached hydrogen (secondary N) is 1. The van der Waals surface area contributed by atoms with Crippen LogP contribution in [0.2, 0.25) is 0 Å². The molecule has 3 heteroatoms. The minimum absolute atomic E-state index is 0.264. The van der Waals surface area contributed by atoms with Gasteiger partial charge in [0.05, 0.1) is 11.0 Å². The van der Waals surface area contributed by atoms with Gasteiger partial charge in [0.25, 0.3) is 0 Å². The SMILES string of the molecule is CCNC(c1ccc(C)c(C)c1)c1cnc(C)s1. The first-order valence-electron chi connectivity index (χ1n) is 6.34. The van der Waals surface area contributed by atoms with Crippen LogP contribution in [0.3, 0.4) is 0 Å². The van der Waals surface area contributed by atoms with Crippen molar-refractivity contribution < 1.29 is 0 Å². The van der Waals surface area contributed by atoms with Crippen LogP contribution >= 0.6 is 11.3 Å². The number of nitrogens with zero attached hydrogens (tertiary/aromatic N) is 1. The Morgan fingerprint density at radius 3 is 2.56 bits per heavy atom. The van der Waals surface area contributed by atoms with Crippen molar-refractivity contribution in [3.8, 4) is 0 Å². The molecule has 18 heavy (non-hydrogen) atoms. The van der Waals surface area contributed by atoms with Crippen molar-refractivity contribution >= 4 is 11.3 Å². The average Bonchev–Trinajstić information content (AvgIpc) is 2.76. The summed E-state index contributed by atoms with van der Waals surface area (Å²) in [4.78, 5) is 5.65. The minimum Gasteiger partial charge on any atom is -0.306 e. The highest BCUT2D eigenvalue weighted by atomic mass is 32.1. The van der Waals surface area contributed by atoms with Gasteiger partial charge in [-0.1, -0.05) is 25.1 Å². The van der Waals surface area contributed by atoms with Crippen LogP contribution in [0.4, 0.5) is 0 Å². The van der Waals surface area contributed by atoms with Gasteiger partial charge in [0.15, 0.2) is 0 Å². The molecule has 0 fully saturated rings. The molecular formula is C15H20N2S. The van der Waals surface area contributed by atoms with Gasteiger partial charge in [-0.3, -0.25) is 0 Å². The van der Waals surface area contributed by atoms with Crippen molar-refractivity contribution in [3.05, 3.63) is 51.0 Å². The van der Waals surface area contributed by atoms with Gasteiger partial charge in [-0.2, -0.15) is 0 Å². The van der Waals surface area contributed by atoms with Crippen LogP contribution in [-0.2, 0) is 0 Å². The smallest absolute Gasteiger partial charge is 0.0897 e. The van der Waals surface area contributed by atoms with Gasteiger partial charge in [0, 0.05) is 11.1 Å². The standard InChI is InChI=1S/C15H20N2S/c1-5-16-15(14-9-17-12(4)18-14)13-7-6-10(2)11(3)8-13/h6-9,15-16H,5H2,1-4H3. The highest BCUT2D eigenvalue weighted by Gasteiger charge is 2.15. The largest absolute Gasteiger partial charge is 0.306 e. The lowest BCUT2D eigenvalue weighted by molar-refractivity contribution is 0.638. The summed E-state index contributed by atoms with van der Waals surface area (Å²) in [5.74, 6) is 0. The number of benzene rings is 1. The molecule has 96 valence electrons.